The zero-order chi connectivity index (χ0) is 17.4. The van der Waals surface area contributed by atoms with Crippen molar-refractivity contribution < 1.29 is 19.1 Å². The lowest BCUT2D eigenvalue weighted by Gasteiger charge is -2.07. The van der Waals surface area contributed by atoms with Gasteiger partial charge in [0.15, 0.2) is 6.61 Å². The third-order valence-electron chi connectivity index (χ3n) is 2.77. The van der Waals surface area contributed by atoms with E-state index in [1.807, 2.05) is 19.1 Å². The predicted octanol–water partition coefficient (Wildman–Crippen LogP) is 4.10. The molecule has 0 unspecified atom stereocenters. The van der Waals surface area contributed by atoms with Crippen LogP contribution < -0.4 is 10.1 Å². The molecule has 0 spiro atoms. The maximum Gasteiger partial charge on any atom is 0.331 e. The highest BCUT2D eigenvalue weighted by molar-refractivity contribution is 9.11. The van der Waals surface area contributed by atoms with Crippen molar-refractivity contribution in [2.75, 3.05) is 18.5 Å². The van der Waals surface area contributed by atoms with Gasteiger partial charge in [0.2, 0.25) is 0 Å². The number of thiophene rings is 1. The van der Waals surface area contributed by atoms with Crippen LogP contribution in [0.5, 0.6) is 5.75 Å². The van der Waals surface area contributed by atoms with Gasteiger partial charge in [0.05, 0.1) is 10.4 Å². The van der Waals surface area contributed by atoms with E-state index in [1.165, 1.54) is 17.4 Å². The quantitative estimate of drug-likeness (QED) is 0.551. The molecule has 0 aliphatic rings. The summed E-state index contributed by atoms with van der Waals surface area (Å²) in [5.74, 6) is -0.242. The Hall–Kier alpha value is -2.12. The van der Waals surface area contributed by atoms with E-state index in [-0.39, 0.29) is 6.61 Å². The second kappa shape index (κ2) is 9.24. The van der Waals surface area contributed by atoms with Crippen LogP contribution in [0.2, 0.25) is 0 Å². The van der Waals surface area contributed by atoms with Gasteiger partial charge in [-0.3, -0.25) is 4.79 Å². The molecule has 5 nitrogen and oxygen atoms in total. The minimum absolute atomic E-state index is 0.343. The zero-order valence-electron chi connectivity index (χ0n) is 13.0. The highest BCUT2D eigenvalue weighted by Gasteiger charge is 2.06. The first-order chi connectivity index (χ1) is 11.6. The molecule has 1 heterocycles. The first-order valence-electron chi connectivity index (χ1n) is 7.19. The highest BCUT2D eigenvalue weighted by Crippen LogP contribution is 2.23. The molecule has 7 heteroatoms. The molecule has 0 aliphatic carbocycles. The normalized spacial score (nSPS) is 10.6. The summed E-state index contributed by atoms with van der Waals surface area (Å²) in [5.41, 5.74) is 0.610. The van der Waals surface area contributed by atoms with Crippen LogP contribution >= 0.6 is 27.3 Å². The van der Waals surface area contributed by atoms with Crippen molar-refractivity contribution >= 4 is 50.9 Å². The summed E-state index contributed by atoms with van der Waals surface area (Å²) in [5, 5.41) is 2.64. The Bertz CT molecular complexity index is 724. The summed E-state index contributed by atoms with van der Waals surface area (Å²) in [4.78, 5) is 24.3. The first kappa shape index (κ1) is 18.2. The SMILES string of the molecule is CCOc1ccc(NC(=O)COC(=O)/C=C/c2ccc(Br)s2)cc1. The van der Waals surface area contributed by atoms with Crippen LogP contribution in [0.25, 0.3) is 6.08 Å². The molecule has 1 amide bonds. The van der Waals surface area contributed by atoms with Crippen LogP contribution in [0.1, 0.15) is 11.8 Å². The van der Waals surface area contributed by atoms with Crippen molar-refractivity contribution in [3.8, 4) is 5.75 Å². The van der Waals surface area contributed by atoms with E-state index in [9.17, 15) is 9.59 Å². The topological polar surface area (TPSA) is 64.6 Å². The van der Waals surface area contributed by atoms with Gasteiger partial charge in [-0.15, -0.1) is 11.3 Å². The predicted molar refractivity (Wildman–Crippen MR) is 98.3 cm³/mol. The van der Waals surface area contributed by atoms with E-state index >= 15 is 0 Å². The maximum absolute atomic E-state index is 11.8. The molecule has 0 bridgehead atoms. The number of carbonyl (C=O) groups is 2. The molecule has 2 rings (SSSR count). The molecule has 0 fully saturated rings. The summed E-state index contributed by atoms with van der Waals surface area (Å²) in [6.07, 6.45) is 2.94. The largest absolute Gasteiger partial charge is 0.494 e. The lowest BCUT2D eigenvalue weighted by atomic mass is 10.3. The fourth-order valence-corrected chi connectivity index (χ4v) is 3.08. The number of anilines is 1. The van der Waals surface area contributed by atoms with Gasteiger partial charge in [0.25, 0.3) is 5.91 Å². The number of amides is 1. The van der Waals surface area contributed by atoms with Crippen LogP contribution in [0.15, 0.2) is 46.3 Å². The number of ether oxygens (including phenoxy) is 2. The molecule has 0 aliphatic heterocycles. The molecule has 126 valence electrons. The van der Waals surface area contributed by atoms with Crippen molar-refractivity contribution in [1.82, 2.24) is 0 Å². The molecule has 1 N–H and O–H groups in total. The van der Waals surface area contributed by atoms with Crippen molar-refractivity contribution in [3.05, 3.63) is 51.1 Å². The summed E-state index contributed by atoms with van der Waals surface area (Å²) in [6.45, 7) is 2.14. The van der Waals surface area contributed by atoms with Crippen LogP contribution in [-0.2, 0) is 14.3 Å². The Morgan fingerprint density at radius 2 is 1.96 bits per heavy atom. The van der Waals surface area contributed by atoms with Gasteiger partial charge in [0.1, 0.15) is 5.75 Å². The number of benzene rings is 1. The average molecular weight is 410 g/mol. The van der Waals surface area contributed by atoms with E-state index in [4.69, 9.17) is 9.47 Å². The molecule has 0 atom stereocenters. The van der Waals surface area contributed by atoms with Crippen LogP contribution in [0.3, 0.4) is 0 Å². The van der Waals surface area contributed by atoms with Gasteiger partial charge in [0, 0.05) is 16.6 Å². The summed E-state index contributed by atoms with van der Waals surface area (Å²) < 4.78 is 11.2. The Morgan fingerprint density at radius 1 is 1.21 bits per heavy atom. The smallest absolute Gasteiger partial charge is 0.331 e. The minimum atomic E-state index is -0.568. The third kappa shape index (κ3) is 6.17. The fourth-order valence-electron chi connectivity index (χ4n) is 1.75. The molecule has 2 aromatic rings. The number of nitrogens with one attached hydrogen (secondary N) is 1. The van der Waals surface area contributed by atoms with Crippen molar-refractivity contribution in [3.63, 3.8) is 0 Å². The first-order valence-corrected chi connectivity index (χ1v) is 8.80. The number of esters is 1. The number of rotatable bonds is 7. The number of halogens is 1. The molecule has 24 heavy (non-hydrogen) atoms. The van der Waals surface area contributed by atoms with Gasteiger partial charge < -0.3 is 14.8 Å². The Labute approximate surface area is 152 Å². The van der Waals surface area contributed by atoms with Gasteiger partial charge in [-0.1, -0.05) is 0 Å². The lowest BCUT2D eigenvalue weighted by molar-refractivity contribution is -0.142. The average Bonchev–Trinajstić information content (AvgIpc) is 2.98. The monoisotopic (exact) mass is 409 g/mol. The highest BCUT2D eigenvalue weighted by atomic mass is 79.9. The Kier molecular flexibility index (Phi) is 7.02. The minimum Gasteiger partial charge on any atom is -0.494 e. The van der Waals surface area contributed by atoms with E-state index in [2.05, 4.69) is 21.2 Å². The summed E-state index contributed by atoms with van der Waals surface area (Å²) >= 11 is 4.83. The van der Waals surface area contributed by atoms with Crippen molar-refractivity contribution in [2.24, 2.45) is 0 Å². The van der Waals surface area contributed by atoms with Crippen LogP contribution in [-0.4, -0.2) is 25.1 Å². The fraction of sp³-hybridized carbons (Fsp3) is 0.176. The van der Waals surface area contributed by atoms with Gasteiger partial charge in [-0.05, 0) is 65.3 Å². The third-order valence-corrected chi connectivity index (χ3v) is 4.36. The molecule has 0 saturated carbocycles. The molecular weight excluding hydrogens is 394 g/mol. The second-order valence-corrected chi connectivity index (χ2v) is 7.08. The molecule has 0 radical (unpaired) electrons. The lowest BCUT2D eigenvalue weighted by Crippen LogP contribution is -2.20. The zero-order valence-corrected chi connectivity index (χ0v) is 15.4. The summed E-state index contributed by atoms with van der Waals surface area (Å²) in [6, 6.07) is 10.7. The van der Waals surface area contributed by atoms with Crippen LogP contribution in [0, 0.1) is 0 Å². The number of hydrogen-bond acceptors (Lipinski definition) is 5. The maximum atomic E-state index is 11.8. The van der Waals surface area contributed by atoms with Crippen molar-refractivity contribution in [2.45, 2.75) is 6.92 Å². The van der Waals surface area contributed by atoms with Gasteiger partial charge in [-0.2, -0.15) is 0 Å². The summed E-state index contributed by atoms with van der Waals surface area (Å²) in [7, 11) is 0. The van der Waals surface area contributed by atoms with Crippen molar-refractivity contribution in [1.29, 1.82) is 0 Å². The van der Waals surface area contributed by atoms with Gasteiger partial charge in [-0.25, -0.2) is 4.79 Å². The van der Waals surface area contributed by atoms with E-state index in [0.717, 1.165) is 14.4 Å². The molecule has 0 saturated heterocycles. The van der Waals surface area contributed by atoms with E-state index < -0.39 is 11.9 Å². The van der Waals surface area contributed by atoms with E-state index in [0.29, 0.717) is 12.3 Å². The Balaban J connectivity index is 1.75. The molecule has 1 aromatic heterocycles. The standard InChI is InChI=1S/C17H16BrNO4S/c1-2-22-13-5-3-12(4-6-13)19-16(20)11-23-17(21)10-8-14-7-9-15(18)24-14/h3-10H,2,11H2,1H3,(H,19,20)/b10-8+. The Morgan fingerprint density at radius 3 is 2.58 bits per heavy atom. The van der Waals surface area contributed by atoms with Crippen LogP contribution in [0.4, 0.5) is 5.69 Å². The molecule has 1 aromatic carbocycles. The number of hydrogen-bond donors (Lipinski definition) is 1. The number of carbonyl (C=O) groups excluding carboxylic acids is 2. The molecular formula is C17H16BrNO4S. The van der Waals surface area contributed by atoms with E-state index in [1.54, 1.807) is 30.3 Å². The second-order valence-electron chi connectivity index (χ2n) is 4.59. The van der Waals surface area contributed by atoms with Gasteiger partial charge >= 0.3 is 5.97 Å².